The van der Waals surface area contributed by atoms with Gasteiger partial charge in [-0.2, -0.15) is 0 Å². The van der Waals surface area contributed by atoms with Crippen LogP contribution in [0.4, 0.5) is 0 Å². The van der Waals surface area contributed by atoms with Gasteiger partial charge in [0.15, 0.2) is 17.5 Å². The summed E-state index contributed by atoms with van der Waals surface area (Å²) in [5.41, 5.74) is 12.0. The number of hydrogen-bond donors (Lipinski definition) is 0. The largest absolute Gasteiger partial charge is 0.208 e. The lowest BCUT2D eigenvalue weighted by Gasteiger charge is -2.41. The first kappa shape index (κ1) is 29.0. The summed E-state index contributed by atoms with van der Waals surface area (Å²) in [7, 11) is 0. The molecule has 0 aliphatic heterocycles. The highest BCUT2D eigenvalue weighted by molar-refractivity contribution is 5.79. The molecule has 4 aliphatic carbocycles. The molecule has 2 unspecified atom stereocenters. The molecule has 48 heavy (non-hydrogen) atoms. The standard InChI is InChI=1S/C45H39N3/c1-4-14-32(15-5-1)42-46-43(33-16-6-2-7-17-33)48-44(47-42)34-26-24-31(25-27-34)35-18-12-19-36(30-35)37-21-13-23-40-41(37)38-20-8-9-22-39(38)45(40)28-10-3-11-29-45/h1-2,4-9,13-18,20-27,30,40-41H,3,10-12,19,28-29H2. The fourth-order valence-corrected chi connectivity index (χ4v) is 8.92. The fourth-order valence-electron chi connectivity index (χ4n) is 8.92. The molecule has 0 radical (unpaired) electrons. The van der Waals surface area contributed by atoms with E-state index >= 15 is 0 Å². The van der Waals surface area contributed by atoms with Gasteiger partial charge >= 0.3 is 0 Å². The number of hydrogen-bond acceptors (Lipinski definition) is 3. The highest BCUT2D eigenvalue weighted by Crippen LogP contribution is 2.61. The number of nitrogens with zero attached hydrogens (tertiary/aromatic N) is 3. The molecule has 4 aliphatic rings. The first-order chi connectivity index (χ1) is 23.8. The van der Waals surface area contributed by atoms with Crippen LogP contribution in [0, 0.1) is 5.92 Å². The Morgan fingerprint density at radius 3 is 1.83 bits per heavy atom. The molecule has 1 saturated carbocycles. The second-order valence-electron chi connectivity index (χ2n) is 13.8. The van der Waals surface area contributed by atoms with E-state index in [2.05, 4.69) is 103 Å². The van der Waals surface area contributed by atoms with E-state index < -0.39 is 0 Å². The summed E-state index contributed by atoms with van der Waals surface area (Å²) in [6.07, 6.45) is 21.1. The minimum absolute atomic E-state index is 0.301. The molecule has 0 amide bonds. The van der Waals surface area contributed by atoms with Crippen molar-refractivity contribution in [2.75, 3.05) is 0 Å². The highest BCUT2D eigenvalue weighted by Gasteiger charge is 2.52. The molecule has 3 heteroatoms. The molecular weight excluding hydrogens is 583 g/mol. The third kappa shape index (κ3) is 5.00. The maximum Gasteiger partial charge on any atom is 0.164 e. The quantitative estimate of drug-likeness (QED) is 0.196. The summed E-state index contributed by atoms with van der Waals surface area (Å²) in [6, 6.07) is 38.5. The van der Waals surface area contributed by atoms with Crippen LogP contribution >= 0.6 is 0 Å². The Morgan fingerprint density at radius 2 is 1.17 bits per heavy atom. The van der Waals surface area contributed by atoms with E-state index in [9.17, 15) is 0 Å². The first-order valence-electron chi connectivity index (χ1n) is 17.6. The van der Waals surface area contributed by atoms with Crippen molar-refractivity contribution in [2.45, 2.75) is 56.3 Å². The molecule has 234 valence electrons. The molecule has 1 fully saturated rings. The van der Waals surface area contributed by atoms with Gasteiger partial charge in [-0.25, -0.2) is 15.0 Å². The predicted octanol–water partition coefficient (Wildman–Crippen LogP) is 11.1. The van der Waals surface area contributed by atoms with E-state index in [1.165, 1.54) is 54.4 Å². The lowest BCUT2D eigenvalue weighted by Crippen LogP contribution is -2.35. The van der Waals surface area contributed by atoms with Crippen molar-refractivity contribution in [3.8, 4) is 34.2 Å². The summed E-state index contributed by atoms with van der Waals surface area (Å²) in [6.45, 7) is 0. The molecular formula is C45H39N3. The highest BCUT2D eigenvalue weighted by atomic mass is 15.0. The molecule has 1 aromatic heterocycles. The van der Waals surface area contributed by atoms with Gasteiger partial charge in [-0.1, -0.05) is 159 Å². The molecule has 4 aromatic carbocycles. The number of rotatable bonds is 5. The molecule has 0 N–H and O–H groups in total. The Labute approximate surface area is 283 Å². The van der Waals surface area contributed by atoms with Gasteiger partial charge in [0.1, 0.15) is 0 Å². The Balaban J connectivity index is 1.04. The second kappa shape index (κ2) is 12.1. The van der Waals surface area contributed by atoms with E-state index in [-0.39, 0.29) is 0 Å². The van der Waals surface area contributed by atoms with Crippen molar-refractivity contribution in [3.05, 3.63) is 167 Å². The molecule has 1 spiro atoms. The van der Waals surface area contributed by atoms with Crippen LogP contribution in [0.5, 0.6) is 0 Å². The summed E-state index contributed by atoms with van der Waals surface area (Å²) < 4.78 is 0. The number of allylic oxidation sites excluding steroid dienone is 8. The number of benzene rings is 4. The molecule has 0 bridgehead atoms. The van der Waals surface area contributed by atoms with Gasteiger partial charge in [0, 0.05) is 28.0 Å². The van der Waals surface area contributed by atoms with Crippen LogP contribution in [0.3, 0.4) is 0 Å². The van der Waals surface area contributed by atoms with Gasteiger partial charge in [-0.05, 0) is 65.0 Å². The zero-order valence-corrected chi connectivity index (χ0v) is 27.2. The Morgan fingerprint density at radius 1 is 0.583 bits per heavy atom. The molecule has 5 aromatic rings. The SMILES string of the molecule is C1=CC2C(C(C3=CC(c4ccc(-c5nc(-c6ccccc6)nc(-c6ccccc6)n5)cc4)=CCC3)=C1)c1ccccc1C21CCCCC1. The van der Waals surface area contributed by atoms with Crippen LogP contribution in [0.25, 0.3) is 39.7 Å². The number of aromatic nitrogens is 3. The van der Waals surface area contributed by atoms with Crippen LogP contribution < -0.4 is 0 Å². The smallest absolute Gasteiger partial charge is 0.164 e. The van der Waals surface area contributed by atoms with E-state index in [0.29, 0.717) is 34.7 Å². The van der Waals surface area contributed by atoms with Crippen LogP contribution in [-0.2, 0) is 5.41 Å². The van der Waals surface area contributed by atoms with Crippen molar-refractivity contribution < 1.29 is 0 Å². The fraction of sp³-hybridized carbons (Fsp3) is 0.222. The van der Waals surface area contributed by atoms with E-state index in [4.69, 9.17) is 15.0 Å². The molecule has 3 nitrogen and oxygen atoms in total. The van der Waals surface area contributed by atoms with Gasteiger partial charge < -0.3 is 0 Å². The molecule has 1 heterocycles. The maximum atomic E-state index is 4.94. The minimum atomic E-state index is 0.301. The average Bonchev–Trinajstić information content (AvgIpc) is 3.44. The normalized spacial score (nSPS) is 20.8. The molecule has 0 saturated heterocycles. The number of fused-ring (bicyclic) bond motifs is 5. The third-order valence-electron chi connectivity index (χ3n) is 11.2. The zero-order valence-electron chi connectivity index (χ0n) is 27.2. The van der Waals surface area contributed by atoms with Crippen molar-refractivity contribution in [2.24, 2.45) is 5.92 Å². The van der Waals surface area contributed by atoms with E-state index in [1.54, 1.807) is 11.1 Å². The lowest BCUT2D eigenvalue weighted by molar-refractivity contribution is 0.231. The van der Waals surface area contributed by atoms with Crippen LogP contribution in [0.1, 0.15) is 67.6 Å². The van der Waals surface area contributed by atoms with Crippen LogP contribution in [-0.4, -0.2) is 15.0 Å². The topological polar surface area (TPSA) is 38.7 Å². The van der Waals surface area contributed by atoms with Crippen LogP contribution in [0.2, 0.25) is 0 Å². The zero-order chi connectivity index (χ0) is 31.9. The van der Waals surface area contributed by atoms with Crippen LogP contribution in [0.15, 0.2) is 151 Å². The average molecular weight is 622 g/mol. The van der Waals surface area contributed by atoms with Gasteiger partial charge in [0.25, 0.3) is 0 Å². The Bertz CT molecular complexity index is 2040. The summed E-state index contributed by atoms with van der Waals surface area (Å²) >= 11 is 0. The van der Waals surface area contributed by atoms with E-state index in [0.717, 1.165) is 29.5 Å². The molecule has 2 atom stereocenters. The first-order valence-corrected chi connectivity index (χ1v) is 17.6. The van der Waals surface area contributed by atoms with Crippen molar-refractivity contribution in [1.82, 2.24) is 15.0 Å². The van der Waals surface area contributed by atoms with Gasteiger partial charge in [-0.3, -0.25) is 0 Å². The summed E-state index contributed by atoms with van der Waals surface area (Å²) in [4.78, 5) is 14.7. The monoisotopic (exact) mass is 621 g/mol. The van der Waals surface area contributed by atoms with E-state index in [1.807, 2.05) is 36.4 Å². The van der Waals surface area contributed by atoms with Crippen molar-refractivity contribution in [1.29, 1.82) is 0 Å². The minimum Gasteiger partial charge on any atom is -0.208 e. The lowest BCUT2D eigenvalue weighted by atomic mass is 9.62. The van der Waals surface area contributed by atoms with Gasteiger partial charge in [0.2, 0.25) is 0 Å². The van der Waals surface area contributed by atoms with Gasteiger partial charge in [0.05, 0.1) is 0 Å². The molecule has 9 rings (SSSR count). The van der Waals surface area contributed by atoms with Crippen molar-refractivity contribution in [3.63, 3.8) is 0 Å². The second-order valence-corrected chi connectivity index (χ2v) is 13.8. The maximum absolute atomic E-state index is 4.94. The Hall–Kier alpha value is -5.15. The van der Waals surface area contributed by atoms with Gasteiger partial charge in [-0.15, -0.1) is 0 Å². The van der Waals surface area contributed by atoms with Crippen molar-refractivity contribution >= 4 is 5.57 Å². The third-order valence-corrected chi connectivity index (χ3v) is 11.2. The predicted molar refractivity (Wildman–Crippen MR) is 196 cm³/mol. The summed E-state index contributed by atoms with van der Waals surface area (Å²) in [5.74, 6) is 3.07. The summed E-state index contributed by atoms with van der Waals surface area (Å²) in [5, 5.41) is 0. The Kier molecular flexibility index (Phi) is 7.34.